The van der Waals surface area contributed by atoms with Gasteiger partial charge in [0.1, 0.15) is 6.17 Å². The number of halogens is 2. The van der Waals surface area contributed by atoms with Crippen molar-refractivity contribution in [1.29, 1.82) is 0 Å². The van der Waals surface area contributed by atoms with E-state index in [1.165, 1.54) is 7.11 Å². The number of ether oxygens (including phenoxy) is 1. The number of carbonyl (C=O) groups excluding carboxylic acids is 1. The average Bonchev–Trinajstić information content (AvgIpc) is 2.80. The number of nitrogens with zero attached hydrogens (tertiary/aromatic N) is 1. The molecular weight excluding hydrogens is 341 g/mol. The first-order valence-corrected chi connectivity index (χ1v) is 7.92. The fourth-order valence-electron chi connectivity index (χ4n) is 2.72. The van der Waals surface area contributed by atoms with Gasteiger partial charge in [-0.15, -0.1) is 0 Å². The van der Waals surface area contributed by atoms with E-state index in [9.17, 15) is 9.18 Å². The maximum Gasteiger partial charge on any atom is 0.309 e. The standard InChI is InChI=1S/C15H21BrFNO3/c1-15(2,3)14-18-11(12(16)21-14)9-6-5-8(17)7-10(9)13(19)20-4/h8-10H,5-7H2,1-4H3/t8-,9+,10+/m0/s1. The van der Waals surface area contributed by atoms with E-state index in [4.69, 9.17) is 9.15 Å². The van der Waals surface area contributed by atoms with Gasteiger partial charge in [-0.2, -0.15) is 0 Å². The zero-order valence-corrected chi connectivity index (χ0v) is 14.4. The summed E-state index contributed by atoms with van der Waals surface area (Å²) in [6.45, 7) is 6.02. The number of carbonyl (C=O) groups is 1. The molecule has 0 saturated heterocycles. The Balaban J connectivity index is 2.34. The molecule has 0 spiro atoms. The first-order valence-electron chi connectivity index (χ1n) is 7.12. The summed E-state index contributed by atoms with van der Waals surface area (Å²) in [6, 6.07) is 0. The van der Waals surface area contributed by atoms with Gasteiger partial charge in [-0.3, -0.25) is 4.79 Å². The Bertz CT molecular complexity index is 523. The molecule has 0 aliphatic heterocycles. The lowest BCUT2D eigenvalue weighted by molar-refractivity contribution is -0.148. The van der Waals surface area contributed by atoms with Crippen LogP contribution in [0.15, 0.2) is 9.09 Å². The first-order chi connectivity index (χ1) is 9.74. The van der Waals surface area contributed by atoms with E-state index in [1.807, 2.05) is 20.8 Å². The van der Waals surface area contributed by atoms with Gasteiger partial charge in [-0.1, -0.05) is 20.8 Å². The third-order valence-electron chi connectivity index (χ3n) is 3.89. The minimum Gasteiger partial charge on any atom is -0.469 e. The van der Waals surface area contributed by atoms with Crippen LogP contribution in [0.5, 0.6) is 0 Å². The van der Waals surface area contributed by atoms with Crippen molar-refractivity contribution < 1.29 is 18.3 Å². The van der Waals surface area contributed by atoms with Crippen LogP contribution in [-0.4, -0.2) is 24.2 Å². The highest BCUT2D eigenvalue weighted by molar-refractivity contribution is 9.10. The fourth-order valence-corrected chi connectivity index (χ4v) is 3.26. The van der Waals surface area contributed by atoms with Gasteiger partial charge in [-0.05, 0) is 35.2 Å². The van der Waals surface area contributed by atoms with Crippen LogP contribution in [0.1, 0.15) is 57.5 Å². The fraction of sp³-hybridized carbons (Fsp3) is 0.733. The zero-order chi connectivity index (χ0) is 15.8. The van der Waals surface area contributed by atoms with Crippen molar-refractivity contribution in [3.63, 3.8) is 0 Å². The second-order valence-corrected chi connectivity index (χ2v) is 7.29. The van der Waals surface area contributed by atoms with Crippen molar-refractivity contribution in [3.05, 3.63) is 16.3 Å². The summed E-state index contributed by atoms with van der Waals surface area (Å²) in [5, 5.41) is 0. The van der Waals surface area contributed by atoms with E-state index < -0.39 is 12.1 Å². The second kappa shape index (κ2) is 6.07. The molecule has 0 N–H and O–H groups in total. The van der Waals surface area contributed by atoms with E-state index in [0.717, 1.165) is 0 Å². The molecule has 4 nitrogen and oxygen atoms in total. The van der Waals surface area contributed by atoms with Gasteiger partial charge < -0.3 is 9.15 Å². The van der Waals surface area contributed by atoms with Gasteiger partial charge in [0.05, 0.1) is 18.7 Å². The summed E-state index contributed by atoms with van der Waals surface area (Å²) < 4.78 is 24.7. The van der Waals surface area contributed by atoms with Crippen LogP contribution in [0.3, 0.4) is 0 Å². The number of methoxy groups -OCH3 is 1. The van der Waals surface area contributed by atoms with Crippen LogP contribution < -0.4 is 0 Å². The van der Waals surface area contributed by atoms with Crippen molar-refractivity contribution in [2.24, 2.45) is 5.92 Å². The van der Waals surface area contributed by atoms with Crippen molar-refractivity contribution in [2.45, 2.75) is 57.5 Å². The summed E-state index contributed by atoms with van der Waals surface area (Å²) in [7, 11) is 1.33. The van der Waals surface area contributed by atoms with Gasteiger partial charge in [0.25, 0.3) is 0 Å². The molecule has 1 heterocycles. The predicted octanol–water partition coefficient (Wildman–Crippen LogP) is 4.13. The SMILES string of the molecule is COC(=O)[C@@H]1C[C@@H](F)CC[C@H]1c1nc(C(C)(C)C)oc1Br. The third kappa shape index (κ3) is 3.47. The lowest BCUT2D eigenvalue weighted by Crippen LogP contribution is -2.31. The number of esters is 1. The number of aromatic nitrogens is 1. The van der Waals surface area contributed by atoms with Crippen LogP contribution in [0.25, 0.3) is 0 Å². The van der Waals surface area contributed by atoms with E-state index >= 15 is 0 Å². The number of rotatable bonds is 2. The molecule has 0 aromatic carbocycles. The molecule has 0 amide bonds. The first kappa shape index (κ1) is 16.5. The molecule has 0 radical (unpaired) electrons. The van der Waals surface area contributed by atoms with Gasteiger partial charge in [0.15, 0.2) is 4.67 Å². The minimum absolute atomic E-state index is 0.168. The van der Waals surface area contributed by atoms with Crippen LogP contribution >= 0.6 is 15.9 Å². The normalized spacial score (nSPS) is 26.7. The molecule has 1 aromatic rings. The molecule has 118 valence electrons. The predicted molar refractivity (Wildman–Crippen MR) is 79.9 cm³/mol. The maximum absolute atomic E-state index is 13.7. The van der Waals surface area contributed by atoms with Crippen molar-refractivity contribution >= 4 is 21.9 Å². The Labute approximate surface area is 132 Å². The number of hydrogen-bond acceptors (Lipinski definition) is 4. The van der Waals surface area contributed by atoms with Crippen LogP contribution in [0.2, 0.25) is 0 Å². The summed E-state index contributed by atoms with van der Waals surface area (Å²) in [5.74, 6) is -0.448. The zero-order valence-electron chi connectivity index (χ0n) is 12.8. The Hall–Kier alpha value is -0.910. The quantitative estimate of drug-likeness (QED) is 0.743. The molecule has 1 aliphatic carbocycles. The molecule has 3 atom stereocenters. The highest BCUT2D eigenvalue weighted by Gasteiger charge is 2.40. The second-order valence-electron chi connectivity index (χ2n) is 6.57. The van der Waals surface area contributed by atoms with Crippen molar-refractivity contribution in [2.75, 3.05) is 7.11 Å². The summed E-state index contributed by atoms with van der Waals surface area (Å²) in [4.78, 5) is 16.5. The summed E-state index contributed by atoms with van der Waals surface area (Å²) in [6.07, 6.45) is 0.220. The molecule has 1 aromatic heterocycles. The smallest absolute Gasteiger partial charge is 0.309 e. The maximum atomic E-state index is 13.7. The molecule has 1 fully saturated rings. The lowest BCUT2D eigenvalue weighted by Gasteiger charge is -2.30. The highest BCUT2D eigenvalue weighted by atomic mass is 79.9. The largest absolute Gasteiger partial charge is 0.469 e. The van der Waals surface area contributed by atoms with Crippen LogP contribution in [0.4, 0.5) is 4.39 Å². The molecular formula is C15H21BrFNO3. The van der Waals surface area contributed by atoms with Crippen molar-refractivity contribution in [3.8, 4) is 0 Å². The monoisotopic (exact) mass is 361 g/mol. The van der Waals surface area contributed by atoms with E-state index in [0.29, 0.717) is 29.1 Å². The number of oxazole rings is 1. The third-order valence-corrected chi connectivity index (χ3v) is 4.46. The minimum atomic E-state index is -0.960. The van der Waals surface area contributed by atoms with E-state index in [2.05, 4.69) is 20.9 Å². The molecule has 1 aliphatic rings. The van der Waals surface area contributed by atoms with E-state index in [1.54, 1.807) is 0 Å². The molecule has 0 unspecified atom stereocenters. The Kier molecular flexibility index (Phi) is 4.76. The Morgan fingerprint density at radius 3 is 2.62 bits per heavy atom. The van der Waals surface area contributed by atoms with Gasteiger partial charge >= 0.3 is 5.97 Å². The number of hydrogen-bond donors (Lipinski definition) is 0. The lowest BCUT2D eigenvalue weighted by atomic mass is 9.77. The summed E-state index contributed by atoms with van der Waals surface area (Å²) in [5.41, 5.74) is 0.473. The Morgan fingerprint density at radius 1 is 1.43 bits per heavy atom. The Morgan fingerprint density at radius 2 is 2.10 bits per heavy atom. The van der Waals surface area contributed by atoms with Crippen LogP contribution in [-0.2, 0) is 14.9 Å². The van der Waals surface area contributed by atoms with Crippen molar-refractivity contribution in [1.82, 2.24) is 4.98 Å². The van der Waals surface area contributed by atoms with E-state index in [-0.39, 0.29) is 23.7 Å². The molecule has 0 bridgehead atoms. The topological polar surface area (TPSA) is 52.3 Å². The van der Waals surface area contributed by atoms with Gasteiger partial charge in [0.2, 0.25) is 5.89 Å². The highest BCUT2D eigenvalue weighted by Crippen LogP contribution is 2.42. The van der Waals surface area contributed by atoms with Gasteiger partial charge in [-0.25, -0.2) is 9.37 Å². The van der Waals surface area contributed by atoms with Gasteiger partial charge in [0, 0.05) is 11.3 Å². The summed E-state index contributed by atoms with van der Waals surface area (Å²) >= 11 is 3.38. The molecule has 1 saturated carbocycles. The molecule has 21 heavy (non-hydrogen) atoms. The molecule has 2 rings (SSSR count). The molecule has 6 heteroatoms. The van der Waals surface area contributed by atoms with Crippen LogP contribution in [0, 0.1) is 5.92 Å². The average molecular weight is 362 g/mol. The number of alkyl halides is 1.